The molecule has 2 unspecified atom stereocenters. The molecule has 2 heteroatoms. The smallest absolute Gasteiger partial charge is 0.0449 e. The van der Waals surface area contributed by atoms with Gasteiger partial charge in [-0.3, -0.25) is 4.90 Å². The van der Waals surface area contributed by atoms with Crippen LogP contribution in [-0.2, 0) is 0 Å². The Morgan fingerprint density at radius 1 is 1.10 bits per heavy atom. The zero-order valence-corrected chi connectivity index (χ0v) is 13.1. The molecule has 0 saturated carbocycles. The first-order valence-electron chi connectivity index (χ1n) is 8.37. The third kappa shape index (κ3) is 4.32. The first-order chi connectivity index (χ1) is 9.85. The third-order valence-corrected chi connectivity index (χ3v) is 4.41. The standard InChI is InChI=1S/C18H30N2/c1-3-5-9-13-20-15-18(16-11-7-6-8-12-16)19-14-17(20)10-4-2/h6-8,11-12,17-19H,3-5,9-10,13-15H2,1-2H3. The third-order valence-electron chi connectivity index (χ3n) is 4.41. The Morgan fingerprint density at radius 2 is 1.90 bits per heavy atom. The van der Waals surface area contributed by atoms with Gasteiger partial charge >= 0.3 is 0 Å². The van der Waals surface area contributed by atoms with Crippen molar-refractivity contribution in [2.75, 3.05) is 19.6 Å². The number of piperazine rings is 1. The summed E-state index contributed by atoms with van der Waals surface area (Å²) >= 11 is 0. The molecule has 1 fully saturated rings. The largest absolute Gasteiger partial charge is 0.307 e. The van der Waals surface area contributed by atoms with Gasteiger partial charge in [0.1, 0.15) is 0 Å². The zero-order valence-electron chi connectivity index (χ0n) is 13.1. The van der Waals surface area contributed by atoms with E-state index in [1.165, 1.54) is 50.8 Å². The number of benzene rings is 1. The average Bonchev–Trinajstić information content (AvgIpc) is 2.50. The normalized spacial score (nSPS) is 23.9. The van der Waals surface area contributed by atoms with Gasteiger partial charge in [-0.1, -0.05) is 63.4 Å². The van der Waals surface area contributed by atoms with Gasteiger partial charge in [-0.05, 0) is 24.9 Å². The van der Waals surface area contributed by atoms with Crippen LogP contribution in [0.4, 0.5) is 0 Å². The molecule has 1 N–H and O–H groups in total. The Labute approximate surface area is 124 Å². The monoisotopic (exact) mass is 274 g/mol. The minimum Gasteiger partial charge on any atom is -0.307 e. The lowest BCUT2D eigenvalue weighted by atomic mass is 9.99. The fourth-order valence-corrected chi connectivity index (χ4v) is 3.22. The van der Waals surface area contributed by atoms with Gasteiger partial charge in [-0.2, -0.15) is 0 Å². The molecule has 1 aromatic rings. The first-order valence-corrected chi connectivity index (χ1v) is 8.37. The molecule has 0 aliphatic carbocycles. The second-order valence-corrected chi connectivity index (χ2v) is 6.02. The van der Waals surface area contributed by atoms with Crippen molar-refractivity contribution in [1.82, 2.24) is 10.2 Å². The predicted octanol–water partition coefficient (Wildman–Crippen LogP) is 3.99. The molecule has 2 nitrogen and oxygen atoms in total. The van der Waals surface area contributed by atoms with E-state index in [-0.39, 0.29) is 0 Å². The lowest BCUT2D eigenvalue weighted by Gasteiger charge is -2.41. The molecule has 2 atom stereocenters. The van der Waals surface area contributed by atoms with Crippen LogP contribution in [0.2, 0.25) is 0 Å². The summed E-state index contributed by atoms with van der Waals surface area (Å²) in [6.45, 7) is 8.16. The molecule has 0 radical (unpaired) electrons. The number of nitrogens with one attached hydrogen (secondary N) is 1. The molecule has 1 aliphatic heterocycles. The highest BCUT2D eigenvalue weighted by molar-refractivity contribution is 5.20. The van der Waals surface area contributed by atoms with Crippen molar-refractivity contribution in [2.45, 2.75) is 58.0 Å². The number of unbranched alkanes of at least 4 members (excludes halogenated alkanes) is 2. The van der Waals surface area contributed by atoms with Gasteiger partial charge in [0.05, 0.1) is 0 Å². The van der Waals surface area contributed by atoms with Gasteiger partial charge in [0, 0.05) is 25.2 Å². The molecular formula is C18H30N2. The van der Waals surface area contributed by atoms with E-state index in [0.717, 1.165) is 12.6 Å². The highest BCUT2D eigenvalue weighted by Gasteiger charge is 2.27. The maximum Gasteiger partial charge on any atom is 0.0449 e. The molecule has 1 aromatic carbocycles. The van der Waals surface area contributed by atoms with Crippen molar-refractivity contribution < 1.29 is 0 Å². The van der Waals surface area contributed by atoms with Gasteiger partial charge in [-0.25, -0.2) is 0 Å². The van der Waals surface area contributed by atoms with Crippen molar-refractivity contribution in [3.63, 3.8) is 0 Å². The van der Waals surface area contributed by atoms with Crippen LogP contribution in [-0.4, -0.2) is 30.6 Å². The summed E-state index contributed by atoms with van der Waals surface area (Å²) in [5.74, 6) is 0. The molecule has 1 aliphatic rings. The minimum atomic E-state index is 0.505. The molecule has 112 valence electrons. The van der Waals surface area contributed by atoms with E-state index in [1.54, 1.807) is 0 Å². The quantitative estimate of drug-likeness (QED) is 0.756. The molecular weight excluding hydrogens is 244 g/mol. The summed E-state index contributed by atoms with van der Waals surface area (Å²) in [7, 11) is 0. The number of nitrogens with zero attached hydrogens (tertiary/aromatic N) is 1. The summed E-state index contributed by atoms with van der Waals surface area (Å²) in [6.07, 6.45) is 6.62. The summed E-state index contributed by atoms with van der Waals surface area (Å²) in [4.78, 5) is 2.73. The van der Waals surface area contributed by atoms with E-state index in [0.29, 0.717) is 6.04 Å². The molecule has 2 rings (SSSR count). The molecule has 0 amide bonds. The van der Waals surface area contributed by atoms with Crippen LogP contribution in [0, 0.1) is 0 Å². The van der Waals surface area contributed by atoms with Crippen LogP contribution in [0.15, 0.2) is 30.3 Å². The van der Waals surface area contributed by atoms with Crippen molar-refractivity contribution in [3.8, 4) is 0 Å². The second kappa shape index (κ2) is 8.43. The fourth-order valence-electron chi connectivity index (χ4n) is 3.22. The van der Waals surface area contributed by atoms with Crippen LogP contribution in [0.1, 0.15) is 57.6 Å². The highest BCUT2D eigenvalue weighted by atomic mass is 15.2. The van der Waals surface area contributed by atoms with E-state index in [2.05, 4.69) is 54.4 Å². The van der Waals surface area contributed by atoms with Gasteiger partial charge in [0.2, 0.25) is 0 Å². The summed E-state index contributed by atoms with van der Waals surface area (Å²) in [5.41, 5.74) is 1.43. The van der Waals surface area contributed by atoms with E-state index >= 15 is 0 Å². The van der Waals surface area contributed by atoms with Gasteiger partial charge in [0.25, 0.3) is 0 Å². The Kier molecular flexibility index (Phi) is 6.55. The van der Waals surface area contributed by atoms with Crippen LogP contribution < -0.4 is 5.32 Å². The van der Waals surface area contributed by atoms with Crippen molar-refractivity contribution in [1.29, 1.82) is 0 Å². The predicted molar refractivity (Wildman–Crippen MR) is 87.0 cm³/mol. The maximum atomic E-state index is 3.75. The van der Waals surface area contributed by atoms with Crippen molar-refractivity contribution in [3.05, 3.63) is 35.9 Å². The average molecular weight is 274 g/mol. The lowest BCUT2D eigenvalue weighted by Crippen LogP contribution is -2.52. The molecule has 20 heavy (non-hydrogen) atoms. The number of hydrogen-bond donors (Lipinski definition) is 1. The zero-order chi connectivity index (χ0) is 14.2. The van der Waals surface area contributed by atoms with Gasteiger partial charge in [0.15, 0.2) is 0 Å². The summed E-state index contributed by atoms with van der Waals surface area (Å²) < 4.78 is 0. The molecule has 0 spiro atoms. The van der Waals surface area contributed by atoms with Gasteiger partial charge < -0.3 is 5.32 Å². The van der Waals surface area contributed by atoms with E-state index in [1.807, 2.05) is 0 Å². The highest BCUT2D eigenvalue weighted by Crippen LogP contribution is 2.22. The van der Waals surface area contributed by atoms with Crippen LogP contribution >= 0.6 is 0 Å². The van der Waals surface area contributed by atoms with Gasteiger partial charge in [-0.15, -0.1) is 0 Å². The maximum absolute atomic E-state index is 3.75. The van der Waals surface area contributed by atoms with Crippen molar-refractivity contribution in [2.24, 2.45) is 0 Å². The van der Waals surface area contributed by atoms with Crippen LogP contribution in [0.3, 0.4) is 0 Å². The first kappa shape index (κ1) is 15.5. The molecule has 1 heterocycles. The SMILES string of the molecule is CCCCCN1CC(c2ccccc2)NCC1CCC. The van der Waals surface area contributed by atoms with Crippen LogP contribution in [0.5, 0.6) is 0 Å². The number of rotatable bonds is 7. The fraction of sp³-hybridized carbons (Fsp3) is 0.667. The number of hydrogen-bond acceptors (Lipinski definition) is 2. The molecule has 0 aromatic heterocycles. The van der Waals surface area contributed by atoms with Crippen molar-refractivity contribution >= 4 is 0 Å². The Hall–Kier alpha value is -0.860. The summed E-state index contributed by atoms with van der Waals surface area (Å²) in [5, 5.41) is 3.75. The van der Waals surface area contributed by atoms with E-state index in [9.17, 15) is 0 Å². The second-order valence-electron chi connectivity index (χ2n) is 6.02. The lowest BCUT2D eigenvalue weighted by molar-refractivity contribution is 0.120. The van der Waals surface area contributed by atoms with E-state index < -0.39 is 0 Å². The Bertz CT molecular complexity index is 363. The molecule has 1 saturated heterocycles. The molecule has 0 bridgehead atoms. The topological polar surface area (TPSA) is 15.3 Å². The Balaban J connectivity index is 1.95. The summed E-state index contributed by atoms with van der Waals surface area (Å²) in [6, 6.07) is 12.1. The van der Waals surface area contributed by atoms with Crippen LogP contribution in [0.25, 0.3) is 0 Å². The minimum absolute atomic E-state index is 0.505. The van der Waals surface area contributed by atoms with E-state index in [4.69, 9.17) is 0 Å². The Morgan fingerprint density at radius 3 is 2.60 bits per heavy atom.